The lowest BCUT2D eigenvalue weighted by molar-refractivity contribution is 0.0898. The Kier molecular flexibility index (Phi) is 2.85. The standard InChI is InChI=1S/C14H17N3O/c15-8-9-1-4-11(16)13(7-9)17-12-5-6-18-14(12)10-2-3-10/h1,4,7,10,12,14,17H,2-3,5-6,16H2. The fourth-order valence-corrected chi connectivity index (χ4v) is 2.61. The molecule has 4 nitrogen and oxygen atoms in total. The van der Waals surface area contributed by atoms with E-state index in [9.17, 15) is 0 Å². The van der Waals surface area contributed by atoms with Gasteiger partial charge in [0, 0.05) is 6.61 Å². The number of nitrogens with one attached hydrogen (secondary N) is 1. The third-order valence-electron chi connectivity index (χ3n) is 3.75. The van der Waals surface area contributed by atoms with Gasteiger partial charge in [0.05, 0.1) is 35.2 Å². The topological polar surface area (TPSA) is 71.1 Å². The summed E-state index contributed by atoms with van der Waals surface area (Å²) in [4.78, 5) is 0. The summed E-state index contributed by atoms with van der Waals surface area (Å²) >= 11 is 0. The lowest BCUT2D eigenvalue weighted by atomic mass is 10.1. The zero-order chi connectivity index (χ0) is 12.5. The molecule has 3 N–H and O–H groups in total. The summed E-state index contributed by atoms with van der Waals surface area (Å²) in [5.41, 5.74) is 8.13. The van der Waals surface area contributed by atoms with Crippen molar-refractivity contribution in [3.63, 3.8) is 0 Å². The van der Waals surface area contributed by atoms with Gasteiger partial charge in [0.15, 0.2) is 0 Å². The highest BCUT2D eigenvalue weighted by Gasteiger charge is 2.40. The molecule has 0 radical (unpaired) electrons. The van der Waals surface area contributed by atoms with Gasteiger partial charge in [-0.25, -0.2) is 0 Å². The number of nitriles is 1. The van der Waals surface area contributed by atoms with Crippen LogP contribution in [0.15, 0.2) is 18.2 Å². The Morgan fingerprint density at radius 1 is 1.33 bits per heavy atom. The summed E-state index contributed by atoms with van der Waals surface area (Å²) in [5.74, 6) is 0.713. The molecule has 1 aliphatic heterocycles. The molecule has 94 valence electrons. The number of benzene rings is 1. The lowest BCUT2D eigenvalue weighted by Gasteiger charge is -2.21. The Balaban J connectivity index is 1.77. The van der Waals surface area contributed by atoms with E-state index in [-0.39, 0.29) is 0 Å². The highest BCUT2D eigenvalue weighted by molar-refractivity contribution is 5.68. The molecule has 2 atom stereocenters. The molecular weight excluding hydrogens is 226 g/mol. The van der Waals surface area contributed by atoms with Gasteiger partial charge in [0.2, 0.25) is 0 Å². The van der Waals surface area contributed by atoms with Crippen molar-refractivity contribution >= 4 is 11.4 Å². The number of hydrogen-bond acceptors (Lipinski definition) is 4. The molecule has 1 saturated carbocycles. The van der Waals surface area contributed by atoms with Crippen molar-refractivity contribution in [2.75, 3.05) is 17.7 Å². The van der Waals surface area contributed by atoms with Crippen molar-refractivity contribution in [1.82, 2.24) is 0 Å². The molecule has 1 aromatic rings. The van der Waals surface area contributed by atoms with E-state index in [1.807, 2.05) is 6.07 Å². The van der Waals surface area contributed by atoms with Gasteiger partial charge in [-0.2, -0.15) is 5.26 Å². The summed E-state index contributed by atoms with van der Waals surface area (Å²) in [6.07, 6.45) is 3.87. The largest absolute Gasteiger partial charge is 0.397 e. The van der Waals surface area contributed by atoms with Crippen LogP contribution in [0.1, 0.15) is 24.8 Å². The van der Waals surface area contributed by atoms with E-state index in [0.717, 1.165) is 18.7 Å². The number of anilines is 2. The first kappa shape index (κ1) is 11.4. The minimum absolute atomic E-state index is 0.315. The van der Waals surface area contributed by atoms with Crippen LogP contribution in [0.2, 0.25) is 0 Å². The molecule has 18 heavy (non-hydrogen) atoms. The van der Waals surface area contributed by atoms with E-state index in [0.29, 0.717) is 29.3 Å². The van der Waals surface area contributed by atoms with Crippen LogP contribution in [0.25, 0.3) is 0 Å². The fourth-order valence-electron chi connectivity index (χ4n) is 2.61. The molecule has 1 aliphatic carbocycles. The number of nitrogens with zero attached hydrogens (tertiary/aromatic N) is 1. The third-order valence-corrected chi connectivity index (χ3v) is 3.75. The molecule has 0 aromatic heterocycles. The summed E-state index contributed by atoms with van der Waals surface area (Å²) in [6, 6.07) is 7.80. The summed E-state index contributed by atoms with van der Waals surface area (Å²) in [6.45, 7) is 0.816. The number of nitrogens with two attached hydrogens (primary N) is 1. The van der Waals surface area contributed by atoms with Crippen LogP contribution in [0.4, 0.5) is 11.4 Å². The Labute approximate surface area is 107 Å². The lowest BCUT2D eigenvalue weighted by Crippen LogP contribution is -2.31. The molecule has 2 unspecified atom stereocenters. The van der Waals surface area contributed by atoms with Crippen LogP contribution >= 0.6 is 0 Å². The van der Waals surface area contributed by atoms with Crippen LogP contribution in [0, 0.1) is 17.2 Å². The smallest absolute Gasteiger partial charge is 0.0992 e. The molecule has 0 amide bonds. The van der Waals surface area contributed by atoms with Gasteiger partial charge in [-0.05, 0) is 43.4 Å². The molecule has 1 aromatic carbocycles. The van der Waals surface area contributed by atoms with Crippen molar-refractivity contribution in [3.8, 4) is 6.07 Å². The second-order valence-electron chi connectivity index (χ2n) is 5.13. The normalized spacial score (nSPS) is 26.8. The molecule has 1 saturated heterocycles. The van der Waals surface area contributed by atoms with Gasteiger partial charge >= 0.3 is 0 Å². The molecule has 2 aliphatic rings. The van der Waals surface area contributed by atoms with Crippen molar-refractivity contribution < 1.29 is 4.74 Å². The van der Waals surface area contributed by atoms with Gasteiger partial charge in [0.1, 0.15) is 0 Å². The molecule has 2 fully saturated rings. The Morgan fingerprint density at radius 3 is 2.89 bits per heavy atom. The van der Waals surface area contributed by atoms with E-state index in [1.165, 1.54) is 12.8 Å². The SMILES string of the molecule is N#Cc1ccc(N)c(NC2CCOC2C2CC2)c1. The second-order valence-corrected chi connectivity index (χ2v) is 5.13. The van der Waals surface area contributed by atoms with Gasteiger partial charge < -0.3 is 15.8 Å². The summed E-state index contributed by atoms with van der Waals surface area (Å²) in [5, 5.41) is 12.4. The zero-order valence-corrected chi connectivity index (χ0v) is 10.2. The number of rotatable bonds is 3. The van der Waals surface area contributed by atoms with Crippen molar-refractivity contribution in [2.45, 2.75) is 31.4 Å². The summed E-state index contributed by atoms with van der Waals surface area (Å²) in [7, 11) is 0. The first-order chi connectivity index (χ1) is 8.78. The highest BCUT2D eigenvalue weighted by Crippen LogP contribution is 2.40. The number of ether oxygens (including phenoxy) is 1. The molecule has 0 bridgehead atoms. The van der Waals surface area contributed by atoms with Crippen LogP contribution in [0.3, 0.4) is 0 Å². The predicted molar refractivity (Wildman–Crippen MR) is 70.1 cm³/mol. The van der Waals surface area contributed by atoms with Crippen LogP contribution in [-0.4, -0.2) is 18.8 Å². The van der Waals surface area contributed by atoms with Crippen molar-refractivity contribution in [1.29, 1.82) is 5.26 Å². The van der Waals surface area contributed by atoms with Crippen LogP contribution in [0.5, 0.6) is 0 Å². The number of nitrogen functional groups attached to an aromatic ring is 1. The minimum Gasteiger partial charge on any atom is -0.397 e. The third kappa shape index (κ3) is 2.14. The quantitative estimate of drug-likeness (QED) is 0.798. The van der Waals surface area contributed by atoms with E-state index < -0.39 is 0 Å². The Bertz CT molecular complexity index is 490. The maximum Gasteiger partial charge on any atom is 0.0992 e. The van der Waals surface area contributed by atoms with E-state index in [1.54, 1.807) is 12.1 Å². The molecule has 3 rings (SSSR count). The molecule has 0 spiro atoms. The predicted octanol–water partition coefficient (Wildman–Crippen LogP) is 2.12. The van der Waals surface area contributed by atoms with Crippen molar-refractivity contribution in [3.05, 3.63) is 23.8 Å². The Morgan fingerprint density at radius 2 is 2.17 bits per heavy atom. The monoisotopic (exact) mass is 243 g/mol. The number of hydrogen-bond donors (Lipinski definition) is 2. The first-order valence-corrected chi connectivity index (χ1v) is 6.45. The Hall–Kier alpha value is -1.73. The minimum atomic E-state index is 0.315. The maximum absolute atomic E-state index is 8.92. The van der Waals surface area contributed by atoms with E-state index >= 15 is 0 Å². The second kappa shape index (κ2) is 4.51. The van der Waals surface area contributed by atoms with Gasteiger partial charge in [0.25, 0.3) is 0 Å². The van der Waals surface area contributed by atoms with Gasteiger partial charge in [-0.3, -0.25) is 0 Å². The average Bonchev–Trinajstić information content (AvgIpc) is 3.13. The van der Waals surface area contributed by atoms with Crippen LogP contribution in [-0.2, 0) is 4.74 Å². The van der Waals surface area contributed by atoms with Gasteiger partial charge in [-0.15, -0.1) is 0 Å². The van der Waals surface area contributed by atoms with E-state index in [4.69, 9.17) is 15.7 Å². The molecular formula is C14H17N3O. The van der Waals surface area contributed by atoms with Gasteiger partial charge in [-0.1, -0.05) is 0 Å². The first-order valence-electron chi connectivity index (χ1n) is 6.45. The molecule has 1 heterocycles. The average molecular weight is 243 g/mol. The highest BCUT2D eigenvalue weighted by atomic mass is 16.5. The van der Waals surface area contributed by atoms with Crippen LogP contribution < -0.4 is 11.1 Å². The zero-order valence-electron chi connectivity index (χ0n) is 10.2. The molecule has 4 heteroatoms. The fraction of sp³-hybridized carbons (Fsp3) is 0.500. The van der Waals surface area contributed by atoms with Crippen molar-refractivity contribution in [2.24, 2.45) is 5.92 Å². The maximum atomic E-state index is 8.92. The summed E-state index contributed by atoms with van der Waals surface area (Å²) < 4.78 is 5.79. The van der Waals surface area contributed by atoms with E-state index in [2.05, 4.69) is 11.4 Å².